The molecule has 9 nitrogen and oxygen atoms in total. The van der Waals surface area contributed by atoms with Crippen LogP contribution in [0.25, 0.3) is 0 Å². The molecule has 0 heterocycles. The van der Waals surface area contributed by atoms with E-state index in [2.05, 4.69) is 5.32 Å². The Morgan fingerprint density at radius 2 is 1.39 bits per heavy atom. The van der Waals surface area contributed by atoms with Crippen molar-refractivity contribution in [2.24, 2.45) is 0 Å². The first-order chi connectivity index (χ1) is 13.3. The number of benzene rings is 2. The van der Waals surface area contributed by atoms with Gasteiger partial charge in [-0.25, -0.2) is 17.9 Å². The van der Waals surface area contributed by atoms with Gasteiger partial charge < -0.3 is 24.3 Å². The molecule has 0 unspecified atom stereocenters. The maximum Gasteiger partial charge on any atom is 0.328 e. The summed E-state index contributed by atoms with van der Waals surface area (Å²) in [6.45, 7) is -0.0275. The molecule has 0 aliphatic carbocycles. The van der Waals surface area contributed by atoms with Gasteiger partial charge in [0.1, 0.15) is 23.0 Å². The summed E-state index contributed by atoms with van der Waals surface area (Å²) in [4.78, 5) is 12.1. The normalized spacial score (nSPS) is 10.7. The van der Waals surface area contributed by atoms with Crippen LogP contribution in [0.3, 0.4) is 0 Å². The zero-order chi connectivity index (χ0) is 20.7. The third-order valence-electron chi connectivity index (χ3n) is 3.84. The van der Waals surface area contributed by atoms with Gasteiger partial charge in [-0.15, -0.1) is 0 Å². The Labute approximate surface area is 163 Å². The molecule has 0 aliphatic rings. The second-order valence-electron chi connectivity index (χ2n) is 5.47. The molecule has 0 radical (unpaired) electrons. The van der Waals surface area contributed by atoms with Crippen LogP contribution in [0.5, 0.6) is 23.0 Å². The van der Waals surface area contributed by atoms with Crippen LogP contribution >= 0.6 is 0 Å². The van der Waals surface area contributed by atoms with Gasteiger partial charge >= 0.3 is 6.03 Å². The maximum absolute atomic E-state index is 12.3. The highest BCUT2D eigenvalue weighted by atomic mass is 32.2. The molecule has 0 atom stereocenters. The van der Waals surface area contributed by atoms with E-state index < -0.39 is 16.1 Å². The van der Waals surface area contributed by atoms with E-state index in [0.717, 1.165) is 0 Å². The van der Waals surface area contributed by atoms with Gasteiger partial charge in [0.15, 0.2) is 0 Å². The number of rotatable bonds is 8. The smallest absolute Gasteiger partial charge is 0.328 e. The molecule has 0 aromatic heterocycles. The van der Waals surface area contributed by atoms with Crippen molar-refractivity contribution in [2.45, 2.75) is 11.4 Å². The monoisotopic (exact) mass is 410 g/mol. The van der Waals surface area contributed by atoms with Gasteiger partial charge in [0.05, 0.1) is 45.4 Å². The molecule has 0 saturated heterocycles. The number of hydrogen-bond donors (Lipinski definition) is 2. The van der Waals surface area contributed by atoms with Crippen molar-refractivity contribution in [1.29, 1.82) is 0 Å². The van der Waals surface area contributed by atoms with Crippen LogP contribution in [0.15, 0.2) is 41.3 Å². The SMILES string of the molecule is COc1ccc(S(=O)(=O)NC(=O)NCc2c(OC)cc(OC)cc2OC)cc1. The molecule has 2 N–H and O–H groups in total. The number of carbonyl (C=O) groups is 1. The standard InChI is InChI=1S/C18H22N2O7S/c1-24-12-5-7-14(8-6-12)28(22,23)20-18(21)19-11-15-16(26-3)9-13(25-2)10-17(15)27-4/h5-10H,11H2,1-4H3,(H2,19,20,21). The fourth-order valence-corrected chi connectivity index (χ4v) is 3.32. The number of methoxy groups -OCH3 is 4. The summed E-state index contributed by atoms with van der Waals surface area (Å²) in [5, 5.41) is 2.48. The van der Waals surface area contributed by atoms with Crippen molar-refractivity contribution in [1.82, 2.24) is 10.0 Å². The van der Waals surface area contributed by atoms with Crippen LogP contribution in [0.4, 0.5) is 4.79 Å². The lowest BCUT2D eigenvalue weighted by Crippen LogP contribution is -2.39. The Kier molecular flexibility index (Phi) is 6.94. The molecule has 2 rings (SSSR count). The minimum atomic E-state index is -4.03. The molecule has 10 heteroatoms. The zero-order valence-electron chi connectivity index (χ0n) is 15.9. The predicted octanol–water partition coefficient (Wildman–Crippen LogP) is 1.91. The van der Waals surface area contributed by atoms with Gasteiger partial charge in [0.25, 0.3) is 10.0 Å². The molecule has 0 bridgehead atoms. The molecule has 0 spiro atoms. The van der Waals surface area contributed by atoms with E-state index in [0.29, 0.717) is 28.6 Å². The topological polar surface area (TPSA) is 112 Å². The van der Waals surface area contributed by atoms with E-state index in [1.807, 2.05) is 4.72 Å². The van der Waals surface area contributed by atoms with Crippen molar-refractivity contribution in [3.05, 3.63) is 42.0 Å². The van der Waals surface area contributed by atoms with E-state index in [9.17, 15) is 13.2 Å². The Hall–Kier alpha value is -3.14. The van der Waals surface area contributed by atoms with Gasteiger partial charge in [0, 0.05) is 12.1 Å². The van der Waals surface area contributed by atoms with E-state index in [1.165, 1.54) is 52.7 Å². The number of carbonyl (C=O) groups excluding carboxylic acids is 1. The molecule has 0 fully saturated rings. The summed E-state index contributed by atoms with van der Waals surface area (Å²) < 4.78 is 47.3. The van der Waals surface area contributed by atoms with Crippen molar-refractivity contribution in [3.8, 4) is 23.0 Å². The number of sulfonamides is 1. The summed E-state index contributed by atoms with van der Waals surface area (Å²) in [5.74, 6) is 1.87. The fraction of sp³-hybridized carbons (Fsp3) is 0.278. The molecule has 2 aromatic carbocycles. The highest BCUT2D eigenvalue weighted by Gasteiger charge is 2.19. The highest BCUT2D eigenvalue weighted by Crippen LogP contribution is 2.33. The van der Waals surface area contributed by atoms with Crippen molar-refractivity contribution >= 4 is 16.1 Å². The molecule has 0 saturated carbocycles. The van der Waals surface area contributed by atoms with Crippen molar-refractivity contribution < 1.29 is 32.2 Å². The minimum Gasteiger partial charge on any atom is -0.497 e. The van der Waals surface area contributed by atoms with Gasteiger partial charge in [-0.05, 0) is 24.3 Å². The van der Waals surface area contributed by atoms with Gasteiger partial charge in [0.2, 0.25) is 0 Å². The van der Waals surface area contributed by atoms with Crippen LogP contribution in [-0.2, 0) is 16.6 Å². The molecule has 2 amide bonds. The molecular formula is C18H22N2O7S. The van der Waals surface area contributed by atoms with E-state index in [4.69, 9.17) is 18.9 Å². The quantitative estimate of drug-likeness (QED) is 0.684. The summed E-state index contributed by atoms with van der Waals surface area (Å²) >= 11 is 0. The fourth-order valence-electron chi connectivity index (χ4n) is 2.39. The zero-order valence-corrected chi connectivity index (χ0v) is 16.8. The van der Waals surface area contributed by atoms with Crippen molar-refractivity contribution in [3.63, 3.8) is 0 Å². The minimum absolute atomic E-state index is 0.0275. The molecule has 28 heavy (non-hydrogen) atoms. The third-order valence-corrected chi connectivity index (χ3v) is 5.19. The number of amides is 2. The second kappa shape index (κ2) is 9.18. The van der Waals surface area contributed by atoms with E-state index >= 15 is 0 Å². The lowest BCUT2D eigenvalue weighted by Gasteiger charge is -2.16. The van der Waals surface area contributed by atoms with E-state index in [-0.39, 0.29) is 11.4 Å². The maximum atomic E-state index is 12.3. The summed E-state index contributed by atoms with van der Waals surface area (Å²) in [6, 6.07) is 8.01. The average Bonchev–Trinajstić information content (AvgIpc) is 2.71. The summed E-state index contributed by atoms with van der Waals surface area (Å²) in [5.41, 5.74) is 0.530. The lowest BCUT2D eigenvalue weighted by molar-refractivity contribution is 0.245. The largest absolute Gasteiger partial charge is 0.497 e. The number of nitrogens with one attached hydrogen (secondary N) is 2. The predicted molar refractivity (Wildman–Crippen MR) is 102 cm³/mol. The molecule has 0 aliphatic heterocycles. The Morgan fingerprint density at radius 3 is 1.86 bits per heavy atom. The lowest BCUT2D eigenvalue weighted by atomic mass is 10.1. The van der Waals surface area contributed by atoms with Crippen LogP contribution in [0.2, 0.25) is 0 Å². The van der Waals surface area contributed by atoms with Crippen molar-refractivity contribution in [2.75, 3.05) is 28.4 Å². The molecular weight excluding hydrogens is 388 g/mol. The number of ether oxygens (including phenoxy) is 4. The average molecular weight is 410 g/mol. The van der Waals surface area contributed by atoms with Gasteiger partial charge in [-0.3, -0.25) is 0 Å². The molecule has 152 valence electrons. The van der Waals surface area contributed by atoms with Crippen LogP contribution in [0.1, 0.15) is 5.56 Å². The highest BCUT2D eigenvalue weighted by molar-refractivity contribution is 7.90. The first-order valence-electron chi connectivity index (χ1n) is 8.08. The first kappa shape index (κ1) is 21.2. The number of hydrogen-bond acceptors (Lipinski definition) is 7. The summed E-state index contributed by atoms with van der Waals surface area (Å²) in [6.07, 6.45) is 0. The molecule has 2 aromatic rings. The first-order valence-corrected chi connectivity index (χ1v) is 9.56. The Morgan fingerprint density at radius 1 is 0.857 bits per heavy atom. The Balaban J connectivity index is 2.11. The Bertz CT molecular complexity index is 902. The van der Waals surface area contributed by atoms with Gasteiger partial charge in [-0.1, -0.05) is 0 Å². The second-order valence-corrected chi connectivity index (χ2v) is 7.16. The third kappa shape index (κ3) is 4.97. The van der Waals surface area contributed by atoms with Crippen LogP contribution in [0, 0.1) is 0 Å². The van der Waals surface area contributed by atoms with E-state index in [1.54, 1.807) is 12.1 Å². The van der Waals surface area contributed by atoms with Gasteiger partial charge in [-0.2, -0.15) is 0 Å². The summed E-state index contributed by atoms with van der Waals surface area (Å²) in [7, 11) is 1.87. The van der Waals surface area contributed by atoms with Crippen LogP contribution < -0.4 is 29.0 Å². The number of urea groups is 1. The van der Waals surface area contributed by atoms with Crippen LogP contribution in [-0.4, -0.2) is 42.9 Å².